The number of rotatable bonds is 2. The van der Waals surface area contributed by atoms with E-state index in [2.05, 4.69) is 13.8 Å². The van der Waals surface area contributed by atoms with Crippen molar-refractivity contribution in [3.05, 3.63) is 30.1 Å². The molecule has 60 valence electrons. The third-order valence-corrected chi connectivity index (χ3v) is 1.99. The first kappa shape index (κ1) is 8.05. The first-order valence-corrected chi connectivity index (χ1v) is 3.94. The Labute approximate surface area is 67.1 Å². The third-order valence-electron chi connectivity index (χ3n) is 1.99. The number of hydrogen-bond donors (Lipinski definition) is 1. The van der Waals surface area contributed by atoms with Crippen LogP contribution in [0.1, 0.15) is 31.7 Å². The van der Waals surface area contributed by atoms with Gasteiger partial charge in [-0.1, -0.05) is 13.8 Å². The van der Waals surface area contributed by atoms with Crippen LogP contribution < -0.4 is 4.73 Å². The van der Waals surface area contributed by atoms with Gasteiger partial charge in [-0.15, -0.1) is 0 Å². The standard InChI is InChI=1S/C9H14NO/c1-3-8(2)9-5-4-6-10(11)7-9/h4-8,11H,3H2,1-2H3/q+1. The highest BCUT2D eigenvalue weighted by atomic mass is 16.5. The fourth-order valence-electron chi connectivity index (χ4n) is 1.01. The molecule has 1 atom stereocenters. The summed E-state index contributed by atoms with van der Waals surface area (Å²) in [5, 5.41) is 9.07. The second-order valence-corrected chi connectivity index (χ2v) is 2.83. The lowest BCUT2D eigenvalue weighted by Gasteiger charge is -2.04. The molecule has 0 spiro atoms. The lowest BCUT2D eigenvalue weighted by molar-refractivity contribution is -0.905. The fraction of sp³-hybridized carbons (Fsp3) is 0.444. The Morgan fingerprint density at radius 3 is 2.91 bits per heavy atom. The monoisotopic (exact) mass is 152 g/mol. The van der Waals surface area contributed by atoms with Crippen LogP contribution >= 0.6 is 0 Å². The number of nitrogens with zero attached hydrogens (tertiary/aromatic N) is 1. The highest BCUT2D eigenvalue weighted by molar-refractivity contribution is 5.10. The largest absolute Gasteiger partial charge is 0.285 e. The summed E-state index contributed by atoms with van der Waals surface area (Å²) >= 11 is 0. The van der Waals surface area contributed by atoms with Gasteiger partial charge in [-0.05, 0) is 18.4 Å². The summed E-state index contributed by atoms with van der Waals surface area (Å²) in [7, 11) is 0. The predicted octanol–water partition coefficient (Wildman–Crippen LogP) is 1.72. The van der Waals surface area contributed by atoms with Crippen molar-refractivity contribution in [2.45, 2.75) is 26.2 Å². The smallest absolute Gasteiger partial charge is 0.225 e. The van der Waals surface area contributed by atoms with Crippen LogP contribution in [0.2, 0.25) is 0 Å². The van der Waals surface area contributed by atoms with Gasteiger partial charge in [0, 0.05) is 16.4 Å². The van der Waals surface area contributed by atoms with E-state index in [0.717, 1.165) is 11.2 Å². The molecule has 11 heavy (non-hydrogen) atoms. The summed E-state index contributed by atoms with van der Waals surface area (Å²) in [5.74, 6) is 0.523. The predicted molar refractivity (Wildman–Crippen MR) is 42.5 cm³/mol. The fourth-order valence-corrected chi connectivity index (χ4v) is 1.01. The molecule has 0 saturated carbocycles. The Bertz CT molecular complexity index is 235. The van der Waals surface area contributed by atoms with Gasteiger partial charge in [0.05, 0.1) is 0 Å². The normalized spacial score (nSPS) is 12.9. The van der Waals surface area contributed by atoms with Crippen molar-refractivity contribution in [3.8, 4) is 0 Å². The summed E-state index contributed by atoms with van der Waals surface area (Å²) < 4.78 is 1.10. The molecule has 0 aliphatic rings. The van der Waals surface area contributed by atoms with E-state index in [-0.39, 0.29) is 0 Å². The second kappa shape index (κ2) is 3.37. The molecule has 1 aromatic rings. The lowest BCUT2D eigenvalue weighted by Crippen LogP contribution is -2.29. The molecule has 0 fully saturated rings. The van der Waals surface area contributed by atoms with Crippen molar-refractivity contribution in [3.63, 3.8) is 0 Å². The molecule has 0 aromatic carbocycles. The van der Waals surface area contributed by atoms with Crippen LogP contribution in [0.4, 0.5) is 0 Å². The van der Waals surface area contributed by atoms with Crippen molar-refractivity contribution < 1.29 is 9.94 Å². The van der Waals surface area contributed by atoms with Gasteiger partial charge in [-0.25, -0.2) is 0 Å². The molecule has 2 heteroatoms. The van der Waals surface area contributed by atoms with Crippen LogP contribution in [0.5, 0.6) is 0 Å². The first-order chi connectivity index (χ1) is 5.24. The van der Waals surface area contributed by atoms with E-state index in [0.29, 0.717) is 5.92 Å². The topological polar surface area (TPSA) is 24.1 Å². The van der Waals surface area contributed by atoms with Crippen LogP contribution in [0.15, 0.2) is 24.5 Å². The minimum atomic E-state index is 0.523. The van der Waals surface area contributed by atoms with Crippen molar-refractivity contribution in [1.82, 2.24) is 0 Å². The molecule has 1 aromatic heterocycles. The SMILES string of the molecule is CCC(C)c1ccc[n+](O)c1. The number of hydrogen-bond acceptors (Lipinski definition) is 1. The zero-order valence-corrected chi connectivity index (χ0v) is 6.99. The Morgan fingerprint density at radius 2 is 2.36 bits per heavy atom. The lowest BCUT2D eigenvalue weighted by atomic mass is 10.0. The van der Waals surface area contributed by atoms with Crippen LogP contribution in [0.25, 0.3) is 0 Å². The van der Waals surface area contributed by atoms with E-state index in [4.69, 9.17) is 5.21 Å². The minimum Gasteiger partial charge on any atom is -0.285 e. The average molecular weight is 152 g/mol. The van der Waals surface area contributed by atoms with Gasteiger partial charge in [-0.2, -0.15) is 0 Å². The molecule has 0 radical (unpaired) electrons. The molecule has 0 bridgehead atoms. The van der Waals surface area contributed by atoms with Crippen LogP contribution in [-0.2, 0) is 0 Å². The summed E-state index contributed by atoms with van der Waals surface area (Å²) in [6.45, 7) is 4.29. The first-order valence-electron chi connectivity index (χ1n) is 3.94. The number of pyridine rings is 1. The highest BCUT2D eigenvalue weighted by Gasteiger charge is 2.06. The van der Waals surface area contributed by atoms with E-state index >= 15 is 0 Å². The van der Waals surface area contributed by atoms with Gasteiger partial charge in [0.2, 0.25) is 12.4 Å². The van der Waals surface area contributed by atoms with Gasteiger partial charge in [0.25, 0.3) is 0 Å². The molecule has 0 saturated heterocycles. The van der Waals surface area contributed by atoms with E-state index < -0.39 is 0 Å². The zero-order valence-electron chi connectivity index (χ0n) is 6.99. The van der Waals surface area contributed by atoms with E-state index in [9.17, 15) is 0 Å². The van der Waals surface area contributed by atoms with E-state index in [1.165, 1.54) is 5.56 Å². The van der Waals surface area contributed by atoms with Gasteiger partial charge < -0.3 is 0 Å². The quantitative estimate of drug-likeness (QED) is 0.506. The van der Waals surface area contributed by atoms with Gasteiger partial charge >= 0.3 is 0 Å². The van der Waals surface area contributed by atoms with Crippen LogP contribution in [0.3, 0.4) is 0 Å². The number of aromatic nitrogens is 1. The third kappa shape index (κ3) is 1.93. The summed E-state index contributed by atoms with van der Waals surface area (Å²) in [4.78, 5) is 0. The van der Waals surface area contributed by atoms with Gasteiger partial charge in [-0.3, -0.25) is 5.21 Å². The Kier molecular flexibility index (Phi) is 2.47. The molecule has 1 unspecified atom stereocenters. The van der Waals surface area contributed by atoms with Crippen LogP contribution in [0, 0.1) is 0 Å². The molecule has 0 amide bonds. The Hall–Kier alpha value is -1.05. The highest BCUT2D eigenvalue weighted by Crippen LogP contribution is 2.15. The van der Waals surface area contributed by atoms with E-state index in [1.807, 2.05) is 12.1 Å². The van der Waals surface area contributed by atoms with Crippen molar-refractivity contribution in [1.29, 1.82) is 0 Å². The molecule has 0 aliphatic carbocycles. The molecule has 0 aliphatic heterocycles. The van der Waals surface area contributed by atoms with Crippen molar-refractivity contribution >= 4 is 0 Å². The zero-order chi connectivity index (χ0) is 8.27. The maximum Gasteiger partial charge on any atom is 0.225 e. The van der Waals surface area contributed by atoms with E-state index in [1.54, 1.807) is 12.4 Å². The maximum atomic E-state index is 9.07. The summed E-state index contributed by atoms with van der Waals surface area (Å²) in [5.41, 5.74) is 1.18. The summed E-state index contributed by atoms with van der Waals surface area (Å²) in [6, 6.07) is 3.88. The van der Waals surface area contributed by atoms with Crippen molar-refractivity contribution in [2.75, 3.05) is 0 Å². The average Bonchev–Trinajstić information content (AvgIpc) is 2.03. The van der Waals surface area contributed by atoms with Crippen LogP contribution in [-0.4, -0.2) is 5.21 Å². The Balaban J connectivity index is 2.86. The second-order valence-electron chi connectivity index (χ2n) is 2.83. The minimum absolute atomic E-state index is 0.523. The molecular weight excluding hydrogens is 138 g/mol. The molecule has 1 heterocycles. The van der Waals surface area contributed by atoms with Crippen molar-refractivity contribution in [2.24, 2.45) is 0 Å². The maximum absolute atomic E-state index is 9.07. The molecule has 1 N–H and O–H groups in total. The Morgan fingerprint density at radius 1 is 1.64 bits per heavy atom. The molecular formula is C9H14NO+. The van der Waals surface area contributed by atoms with Gasteiger partial charge in [0.15, 0.2) is 0 Å². The molecule has 2 nitrogen and oxygen atoms in total. The molecule has 1 rings (SSSR count). The summed E-state index contributed by atoms with van der Waals surface area (Å²) in [6.07, 6.45) is 4.46. The van der Waals surface area contributed by atoms with Gasteiger partial charge in [0.1, 0.15) is 0 Å².